The Kier molecular flexibility index (Phi) is 3.88. The van der Waals surface area contributed by atoms with Crippen molar-refractivity contribution in [1.82, 2.24) is 15.1 Å². The summed E-state index contributed by atoms with van der Waals surface area (Å²) in [7, 11) is -4.21. The molecule has 0 bridgehead atoms. The molecular formula is C13H16N4O4S. The molecule has 1 aliphatic rings. The molecule has 118 valence electrons. The average molecular weight is 324 g/mol. The zero-order valence-electron chi connectivity index (χ0n) is 11.8. The lowest BCUT2D eigenvalue weighted by Gasteiger charge is -2.25. The van der Waals surface area contributed by atoms with Crippen LogP contribution in [0.3, 0.4) is 0 Å². The van der Waals surface area contributed by atoms with Crippen LogP contribution in [0.5, 0.6) is 0 Å². The summed E-state index contributed by atoms with van der Waals surface area (Å²) in [5, 5.41) is 7.37. The number of amides is 1. The molecule has 2 N–H and O–H groups in total. The van der Waals surface area contributed by atoms with Crippen molar-refractivity contribution in [2.24, 2.45) is 0 Å². The van der Waals surface area contributed by atoms with E-state index in [1.165, 1.54) is 4.90 Å². The van der Waals surface area contributed by atoms with Gasteiger partial charge < -0.3 is 9.08 Å². The molecule has 3 rings (SSSR count). The third-order valence-electron chi connectivity index (χ3n) is 3.48. The summed E-state index contributed by atoms with van der Waals surface area (Å²) in [4.78, 5) is 13.2. The molecule has 0 spiro atoms. The van der Waals surface area contributed by atoms with Crippen molar-refractivity contribution < 1.29 is 17.4 Å². The van der Waals surface area contributed by atoms with Crippen molar-refractivity contribution in [2.45, 2.75) is 19.3 Å². The first kappa shape index (κ1) is 14.6. The molecule has 1 aromatic heterocycles. The van der Waals surface area contributed by atoms with Crippen molar-refractivity contribution in [2.75, 3.05) is 17.8 Å². The van der Waals surface area contributed by atoms with Gasteiger partial charge in [-0.05, 0) is 37.5 Å². The van der Waals surface area contributed by atoms with Gasteiger partial charge in [0.1, 0.15) is 0 Å². The monoisotopic (exact) mass is 324 g/mol. The van der Waals surface area contributed by atoms with E-state index in [0.717, 1.165) is 30.2 Å². The third-order valence-corrected chi connectivity index (χ3v) is 4.33. The van der Waals surface area contributed by atoms with Crippen LogP contribution < -0.4 is 4.72 Å². The fraction of sp³-hybridized carbons (Fsp3) is 0.385. The Morgan fingerprint density at radius 2 is 2.05 bits per heavy atom. The Hall–Kier alpha value is -2.29. The fourth-order valence-corrected chi connectivity index (χ4v) is 3.14. The SMILES string of the molecule is O=C(OS(=O)(=O)Nc1ccc2[nH]ncc2c1)N1CCCCC1. The maximum Gasteiger partial charge on any atom is 0.426 e. The lowest BCUT2D eigenvalue weighted by Crippen LogP contribution is -2.38. The van der Waals surface area contributed by atoms with E-state index in [0.29, 0.717) is 18.8 Å². The number of fused-ring (bicyclic) bond motifs is 1. The first-order valence-electron chi connectivity index (χ1n) is 6.98. The molecule has 0 unspecified atom stereocenters. The Balaban J connectivity index is 1.68. The Morgan fingerprint density at radius 3 is 2.82 bits per heavy atom. The number of carbonyl (C=O) groups excluding carboxylic acids is 1. The molecule has 8 nitrogen and oxygen atoms in total. The number of carbonyl (C=O) groups is 1. The molecule has 1 aliphatic heterocycles. The first-order chi connectivity index (χ1) is 10.5. The highest BCUT2D eigenvalue weighted by molar-refractivity contribution is 7.88. The standard InChI is InChI=1S/C13H16N4O4S/c18-13(17-6-2-1-3-7-17)21-22(19,20)16-11-4-5-12-10(8-11)9-14-15-12/h4-5,8-9,16H,1-3,6-7H2,(H,14,15). The highest BCUT2D eigenvalue weighted by Gasteiger charge is 2.24. The van der Waals surface area contributed by atoms with Crippen LogP contribution >= 0.6 is 0 Å². The van der Waals surface area contributed by atoms with Gasteiger partial charge in [-0.1, -0.05) is 0 Å². The minimum absolute atomic E-state index is 0.306. The second kappa shape index (κ2) is 5.84. The zero-order chi connectivity index (χ0) is 15.6. The van der Waals surface area contributed by atoms with E-state index in [2.05, 4.69) is 19.1 Å². The normalized spacial score (nSPS) is 15.7. The van der Waals surface area contributed by atoms with E-state index in [-0.39, 0.29) is 0 Å². The topological polar surface area (TPSA) is 104 Å². The van der Waals surface area contributed by atoms with Crippen LogP contribution in [0.25, 0.3) is 10.9 Å². The van der Waals surface area contributed by atoms with Gasteiger partial charge in [0.25, 0.3) is 0 Å². The van der Waals surface area contributed by atoms with Crippen molar-refractivity contribution in [3.05, 3.63) is 24.4 Å². The molecule has 22 heavy (non-hydrogen) atoms. The van der Waals surface area contributed by atoms with Gasteiger partial charge in [0, 0.05) is 18.5 Å². The van der Waals surface area contributed by atoms with Crippen molar-refractivity contribution in [1.29, 1.82) is 0 Å². The lowest BCUT2D eigenvalue weighted by molar-refractivity contribution is 0.145. The summed E-state index contributed by atoms with van der Waals surface area (Å²) in [6, 6.07) is 4.85. The second-order valence-electron chi connectivity index (χ2n) is 5.13. The van der Waals surface area contributed by atoms with Gasteiger partial charge in [-0.2, -0.15) is 13.5 Å². The smallest absolute Gasteiger partial charge is 0.311 e. The second-order valence-corrected chi connectivity index (χ2v) is 6.40. The lowest BCUT2D eigenvalue weighted by atomic mass is 10.1. The van der Waals surface area contributed by atoms with Gasteiger partial charge >= 0.3 is 16.4 Å². The van der Waals surface area contributed by atoms with Gasteiger partial charge in [0.2, 0.25) is 0 Å². The van der Waals surface area contributed by atoms with Crippen LogP contribution in [0.1, 0.15) is 19.3 Å². The minimum Gasteiger partial charge on any atom is -0.311 e. The predicted octanol–water partition coefficient (Wildman–Crippen LogP) is 1.84. The Bertz CT molecular complexity index is 780. The first-order valence-corrected chi connectivity index (χ1v) is 8.39. The number of nitrogens with zero attached hydrogens (tertiary/aromatic N) is 2. The third kappa shape index (κ3) is 3.30. The van der Waals surface area contributed by atoms with E-state index in [1.807, 2.05) is 0 Å². The molecule has 1 saturated heterocycles. The quantitative estimate of drug-likeness (QED) is 0.896. The number of likely N-dealkylation sites (tertiary alicyclic amines) is 1. The van der Waals surface area contributed by atoms with Crippen LogP contribution in [0.2, 0.25) is 0 Å². The highest BCUT2D eigenvalue weighted by atomic mass is 32.2. The molecule has 1 fully saturated rings. The van der Waals surface area contributed by atoms with Crippen LogP contribution in [0.15, 0.2) is 24.4 Å². The van der Waals surface area contributed by atoms with E-state index < -0.39 is 16.4 Å². The number of piperidine rings is 1. The summed E-state index contributed by atoms with van der Waals surface area (Å²) in [6.07, 6.45) is 3.50. The Labute approximate surface area is 127 Å². The summed E-state index contributed by atoms with van der Waals surface area (Å²) in [5.41, 5.74) is 1.09. The average Bonchev–Trinajstić information content (AvgIpc) is 2.94. The van der Waals surface area contributed by atoms with Gasteiger partial charge in [0.15, 0.2) is 0 Å². The summed E-state index contributed by atoms with van der Waals surface area (Å²) in [6.45, 7) is 1.05. The van der Waals surface area contributed by atoms with Gasteiger partial charge in [0.05, 0.1) is 17.4 Å². The molecule has 0 saturated carbocycles. The number of aromatic nitrogens is 2. The number of benzene rings is 1. The molecule has 2 heterocycles. The minimum atomic E-state index is -4.21. The van der Waals surface area contributed by atoms with Gasteiger partial charge in [-0.25, -0.2) is 4.79 Å². The predicted molar refractivity (Wildman–Crippen MR) is 80.5 cm³/mol. The van der Waals surface area contributed by atoms with Crippen molar-refractivity contribution in [3.8, 4) is 0 Å². The molecular weight excluding hydrogens is 308 g/mol. The van der Waals surface area contributed by atoms with Gasteiger partial charge in [-0.3, -0.25) is 9.82 Å². The molecule has 0 atom stereocenters. The van der Waals surface area contributed by atoms with Crippen LogP contribution in [-0.4, -0.2) is 42.7 Å². The Morgan fingerprint density at radius 1 is 1.27 bits per heavy atom. The maximum atomic E-state index is 11.9. The molecule has 1 amide bonds. The largest absolute Gasteiger partial charge is 0.426 e. The number of H-pyrrole nitrogens is 1. The van der Waals surface area contributed by atoms with E-state index in [4.69, 9.17) is 0 Å². The number of aromatic amines is 1. The van der Waals surface area contributed by atoms with Gasteiger partial charge in [-0.15, -0.1) is 0 Å². The summed E-state index contributed by atoms with van der Waals surface area (Å²) < 4.78 is 30.7. The van der Waals surface area contributed by atoms with Crippen LogP contribution in [0.4, 0.5) is 10.5 Å². The number of rotatable bonds is 3. The number of hydrogen-bond donors (Lipinski definition) is 2. The van der Waals surface area contributed by atoms with Crippen LogP contribution in [0, 0.1) is 0 Å². The number of hydrogen-bond acceptors (Lipinski definition) is 5. The van der Waals surface area contributed by atoms with Crippen molar-refractivity contribution in [3.63, 3.8) is 0 Å². The molecule has 9 heteroatoms. The van der Waals surface area contributed by atoms with E-state index in [9.17, 15) is 13.2 Å². The molecule has 0 radical (unpaired) electrons. The summed E-state index contributed by atoms with van der Waals surface area (Å²) in [5.74, 6) is 0. The van der Waals surface area contributed by atoms with E-state index in [1.54, 1.807) is 24.4 Å². The number of anilines is 1. The molecule has 2 aromatic rings. The summed E-state index contributed by atoms with van der Waals surface area (Å²) >= 11 is 0. The van der Waals surface area contributed by atoms with Crippen LogP contribution in [-0.2, 0) is 14.5 Å². The van der Waals surface area contributed by atoms with E-state index >= 15 is 0 Å². The maximum absolute atomic E-state index is 11.9. The fourth-order valence-electron chi connectivity index (χ4n) is 2.39. The molecule has 1 aromatic carbocycles. The molecule has 0 aliphatic carbocycles. The number of nitrogens with one attached hydrogen (secondary N) is 2. The highest BCUT2D eigenvalue weighted by Crippen LogP contribution is 2.18. The zero-order valence-corrected chi connectivity index (χ0v) is 12.6. The van der Waals surface area contributed by atoms with Crippen molar-refractivity contribution >= 4 is 33.0 Å².